The van der Waals surface area contributed by atoms with E-state index < -0.39 is 21.7 Å². The summed E-state index contributed by atoms with van der Waals surface area (Å²) in [5.74, 6) is -2.22. The van der Waals surface area contributed by atoms with Crippen LogP contribution in [0, 0.1) is 0 Å². The monoisotopic (exact) mass is 271 g/mol. The maximum atomic E-state index is 11.6. The Labute approximate surface area is 107 Å². The van der Waals surface area contributed by atoms with Gasteiger partial charge in [0.05, 0.1) is 0 Å². The van der Waals surface area contributed by atoms with Gasteiger partial charge in [-0.15, -0.1) is 0 Å². The van der Waals surface area contributed by atoms with Crippen molar-refractivity contribution in [2.45, 2.75) is 19.9 Å². The van der Waals surface area contributed by atoms with E-state index in [9.17, 15) is 13.2 Å². The Hall–Kier alpha value is -1.40. The second-order valence-corrected chi connectivity index (χ2v) is 6.15. The highest BCUT2D eigenvalue weighted by Gasteiger charge is 2.21. The normalized spacial score (nSPS) is 11.7. The third-order valence-corrected chi connectivity index (χ3v) is 4.31. The maximum Gasteiger partial charge on any atom is 0.320 e. The Kier molecular flexibility index (Phi) is 4.86. The largest absolute Gasteiger partial charge is 0.480 e. The molecule has 0 amide bonds. The molecule has 0 aromatic heterocycles. The predicted molar refractivity (Wildman–Crippen MR) is 68.7 cm³/mol. The van der Waals surface area contributed by atoms with E-state index in [4.69, 9.17) is 5.11 Å². The smallest absolute Gasteiger partial charge is 0.320 e. The molecule has 18 heavy (non-hydrogen) atoms. The fourth-order valence-corrected chi connectivity index (χ4v) is 2.38. The van der Waals surface area contributed by atoms with E-state index in [1.54, 1.807) is 0 Å². The molecule has 0 atom stereocenters. The van der Waals surface area contributed by atoms with Crippen LogP contribution in [0.3, 0.4) is 0 Å². The van der Waals surface area contributed by atoms with Crippen molar-refractivity contribution in [2.24, 2.45) is 0 Å². The summed E-state index contributed by atoms with van der Waals surface area (Å²) in [5, 5.41) is 8.53. The molecule has 0 saturated carbocycles. The van der Waals surface area contributed by atoms with E-state index in [1.165, 1.54) is 12.6 Å². The van der Waals surface area contributed by atoms with Gasteiger partial charge < -0.3 is 5.11 Å². The van der Waals surface area contributed by atoms with E-state index in [1.807, 2.05) is 31.2 Å². The minimum Gasteiger partial charge on any atom is -0.480 e. The lowest BCUT2D eigenvalue weighted by Crippen LogP contribution is -2.31. The van der Waals surface area contributed by atoms with Crippen LogP contribution < -0.4 is 0 Å². The van der Waals surface area contributed by atoms with Crippen molar-refractivity contribution in [3.05, 3.63) is 35.4 Å². The highest BCUT2D eigenvalue weighted by molar-refractivity contribution is 7.89. The van der Waals surface area contributed by atoms with E-state index in [-0.39, 0.29) is 6.54 Å². The number of carbonyl (C=O) groups is 1. The summed E-state index contributed by atoms with van der Waals surface area (Å²) >= 11 is 0. The number of sulfonamides is 1. The van der Waals surface area contributed by atoms with Crippen LogP contribution in [0.5, 0.6) is 0 Å². The Morgan fingerprint density at radius 1 is 1.22 bits per heavy atom. The molecule has 0 heterocycles. The quantitative estimate of drug-likeness (QED) is 0.840. The fraction of sp³-hybridized carbons (Fsp3) is 0.417. The number of hydrogen-bond acceptors (Lipinski definition) is 3. The van der Waals surface area contributed by atoms with Crippen molar-refractivity contribution in [3.8, 4) is 0 Å². The Bertz CT molecular complexity index is 507. The number of carboxylic acids is 1. The van der Waals surface area contributed by atoms with Gasteiger partial charge in [0.1, 0.15) is 0 Å². The van der Waals surface area contributed by atoms with Crippen LogP contribution in [0.4, 0.5) is 0 Å². The van der Waals surface area contributed by atoms with E-state index in [0.29, 0.717) is 0 Å². The van der Waals surface area contributed by atoms with Gasteiger partial charge in [-0.2, -0.15) is 0 Å². The summed E-state index contributed by atoms with van der Waals surface area (Å²) in [7, 11) is -2.36. The van der Waals surface area contributed by atoms with Gasteiger partial charge >= 0.3 is 5.97 Å². The van der Waals surface area contributed by atoms with Crippen molar-refractivity contribution in [3.63, 3.8) is 0 Å². The molecule has 1 rings (SSSR count). The third kappa shape index (κ3) is 4.12. The molecular weight excluding hydrogens is 254 g/mol. The Morgan fingerprint density at radius 3 is 2.17 bits per heavy atom. The molecule has 5 nitrogen and oxygen atoms in total. The minimum atomic E-state index is -3.74. The zero-order valence-electron chi connectivity index (χ0n) is 10.5. The lowest BCUT2D eigenvalue weighted by Gasteiger charge is -2.16. The zero-order chi connectivity index (χ0) is 13.8. The molecule has 1 N–H and O–H groups in total. The van der Waals surface area contributed by atoms with Crippen molar-refractivity contribution in [1.29, 1.82) is 0 Å². The summed E-state index contributed by atoms with van der Waals surface area (Å²) in [6.45, 7) is 2.22. The molecule has 6 heteroatoms. The SMILES string of the molecule is CCc1ccc(CN(C)S(=O)(=O)CC(=O)O)cc1. The second kappa shape index (κ2) is 5.97. The van der Waals surface area contributed by atoms with E-state index in [2.05, 4.69) is 0 Å². The van der Waals surface area contributed by atoms with Crippen LogP contribution in [0.15, 0.2) is 24.3 Å². The first-order valence-corrected chi connectivity index (χ1v) is 7.19. The fourth-order valence-electron chi connectivity index (χ4n) is 1.50. The minimum absolute atomic E-state index is 0.180. The van der Waals surface area contributed by atoms with Crippen LogP contribution in [0.25, 0.3) is 0 Å². The number of rotatable bonds is 6. The van der Waals surface area contributed by atoms with Gasteiger partial charge in [0.15, 0.2) is 5.75 Å². The third-order valence-electron chi connectivity index (χ3n) is 2.62. The summed E-state index contributed by atoms with van der Waals surface area (Å²) in [6, 6.07) is 7.58. The molecule has 0 radical (unpaired) electrons. The topological polar surface area (TPSA) is 74.7 Å². The van der Waals surface area contributed by atoms with Gasteiger partial charge in [-0.3, -0.25) is 4.79 Å². The molecule has 1 aromatic rings. The summed E-state index contributed by atoms with van der Waals surface area (Å²) < 4.78 is 24.3. The predicted octanol–water partition coefficient (Wildman–Crippen LogP) is 1.10. The molecule has 0 aliphatic rings. The van der Waals surface area contributed by atoms with Crippen molar-refractivity contribution in [2.75, 3.05) is 12.8 Å². The Balaban J connectivity index is 2.74. The number of nitrogens with zero attached hydrogens (tertiary/aromatic N) is 1. The molecule has 0 saturated heterocycles. The first-order valence-electron chi connectivity index (χ1n) is 5.58. The van der Waals surface area contributed by atoms with Gasteiger partial charge in [-0.1, -0.05) is 31.2 Å². The molecule has 0 unspecified atom stereocenters. The summed E-state index contributed by atoms with van der Waals surface area (Å²) in [4.78, 5) is 10.4. The van der Waals surface area contributed by atoms with Crippen LogP contribution in [0.2, 0.25) is 0 Å². The molecule has 1 aromatic carbocycles. The van der Waals surface area contributed by atoms with Crippen LogP contribution in [-0.4, -0.2) is 36.6 Å². The van der Waals surface area contributed by atoms with E-state index >= 15 is 0 Å². The van der Waals surface area contributed by atoms with Crippen molar-refractivity contribution in [1.82, 2.24) is 4.31 Å². The van der Waals surface area contributed by atoms with E-state index in [0.717, 1.165) is 16.3 Å². The first kappa shape index (κ1) is 14.7. The van der Waals surface area contributed by atoms with Gasteiger partial charge in [-0.25, -0.2) is 12.7 Å². The molecule has 0 aliphatic heterocycles. The van der Waals surface area contributed by atoms with Gasteiger partial charge in [0.2, 0.25) is 10.0 Å². The molecule has 0 aliphatic carbocycles. The first-order chi connectivity index (χ1) is 8.35. The maximum absolute atomic E-state index is 11.6. The molecule has 0 spiro atoms. The zero-order valence-corrected chi connectivity index (χ0v) is 11.3. The molecular formula is C12H17NO4S. The lowest BCUT2D eigenvalue weighted by molar-refractivity contribution is -0.134. The average Bonchev–Trinajstić information content (AvgIpc) is 2.28. The van der Waals surface area contributed by atoms with Gasteiger partial charge in [0.25, 0.3) is 0 Å². The molecule has 100 valence electrons. The van der Waals surface area contributed by atoms with Gasteiger partial charge in [-0.05, 0) is 17.5 Å². The summed E-state index contributed by atoms with van der Waals surface area (Å²) in [6.07, 6.45) is 0.924. The standard InChI is InChI=1S/C12H17NO4S/c1-3-10-4-6-11(7-5-10)8-13(2)18(16,17)9-12(14)15/h4-7H,3,8-9H2,1-2H3,(H,14,15). The summed E-state index contributed by atoms with van der Waals surface area (Å²) in [5.41, 5.74) is 2.01. The van der Waals surface area contributed by atoms with Crippen LogP contribution >= 0.6 is 0 Å². The average molecular weight is 271 g/mol. The highest BCUT2D eigenvalue weighted by atomic mass is 32.2. The highest BCUT2D eigenvalue weighted by Crippen LogP contribution is 2.10. The number of aliphatic carboxylic acids is 1. The van der Waals surface area contributed by atoms with Crippen LogP contribution in [-0.2, 0) is 27.8 Å². The number of hydrogen-bond donors (Lipinski definition) is 1. The lowest BCUT2D eigenvalue weighted by atomic mass is 10.1. The number of aryl methyl sites for hydroxylation is 1. The van der Waals surface area contributed by atoms with Gasteiger partial charge in [0, 0.05) is 13.6 Å². The van der Waals surface area contributed by atoms with Crippen LogP contribution in [0.1, 0.15) is 18.1 Å². The number of carboxylic acid groups (broad SMARTS) is 1. The van der Waals surface area contributed by atoms with Crippen molar-refractivity contribution >= 4 is 16.0 Å². The molecule has 0 bridgehead atoms. The van der Waals surface area contributed by atoms with Crippen molar-refractivity contribution < 1.29 is 18.3 Å². The molecule has 0 fully saturated rings. The Morgan fingerprint density at radius 2 is 1.72 bits per heavy atom. The number of benzene rings is 1. The second-order valence-electron chi connectivity index (χ2n) is 4.08.